The molecule has 0 aliphatic carbocycles. The fraction of sp³-hybridized carbons (Fsp3) is 0.222. The van der Waals surface area contributed by atoms with E-state index in [1.54, 1.807) is 66.7 Å². The van der Waals surface area contributed by atoms with E-state index in [9.17, 15) is 9.59 Å². The van der Waals surface area contributed by atoms with Crippen molar-refractivity contribution in [3.8, 4) is 23.0 Å². The Balaban J connectivity index is 1.49. The highest BCUT2D eigenvalue weighted by Crippen LogP contribution is 2.29. The second-order valence-electron chi connectivity index (χ2n) is 7.53. The molecule has 0 aromatic heterocycles. The van der Waals surface area contributed by atoms with Crippen LogP contribution in [0.15, 0.2) is 71.8 Å². The Morgan fingerprint density at radius 3 is 2.39 bits per heavy atom. The fourth-order valence-corrected chi connectivity index (χ4v) is 3.17. The number of hydrazone groups is 1. The van der Waals surface area contributed by atoms with Crippen molar-refractivity contribution >= 4 is 29.7 Å². The van der Waals surface area contributed by atoms with Crippen LogP contribution in [0.1, 0.15) is 35.7 Å². The van der Waals surface area contributed by atoms with E-state index in [4.69, 9.17) is 30.5 Å². The summed E-state index contributed by atoms with van der Waals surface area (Å²) in [4.78, 5) is 24.5. The van der Waals surface area contributed by atoms with Crippen molar-refractivity contribution in [2.24, 2.45) is 5.10 Å². The monoisotopic (exact) mass is 510 g/mol. The van der Waals surface area contributed by atoms with Gasteiger partial charge in [0.15, 0.2) is 18.1 Å². The number of unbranched alkanes of at least 4 members (excludes halogenated alkanes) is 1. The quantitative estimate of drug-likeness (QED) is 0.117. The molecular formula is C27H27ClN2O6. The van der Waals surface area contributed by atoms with Crippen LogP contribution in [0.25, 0.3) is 0 Å². The standard InChI is InChI=1S/C27H27ClN2O6/c1-3-4-15-34-20-10-12-21(13-11-20)35-18-26(31)30-29-17-19-9-14-24(25(16-19)33-2)36-27(32)22-7-5-6-8-23(22)28/h5-14,16-17H,3-4,15,18H2,1-2H3,(H,30,31)/b29-17+. The zero-order chi connectivity index (χ0) is 25.8. The number of methoxy groups -OCH3 is 1. The van der Waals surface area contributed by atoms with Crippen molar-refractivity contribution in [2.45, 2.75) is 19.8 Å². The van der Waals surface area contributed by atoms with Crippen molar-refractivity contribution in [2.75, 3.05) is 20.3 Å². The van der Waals surface area contributed by atoms with Gasteiger partial charge in [-0.15, -0.1) is 0 Å². The molecule has 0 saturated carbocycles. The molecule has 188 valence electrons. The molecule has 8 nitrogen and oxygen atoms in total. The topological polar surface area (TPSA) is 95.5 Å². The summed E-state index contributed by atoms with van der Waals surface area (Å²) in [5, 5.41) is 4.22. The molecule has 0 heterocycles. The fourth-order valence-electron chi connectivity index (χ4n) is 2.96. The lowest BCUT2D eigenvalue weighted by Crippen LogP contribution is -2.24. The minimum absolute atomic E-state index is 0.201. The number of rotatable bonds is 12. The Morgan fingerprint density at radius 2 is 1.69 bits per heavy atom. The van der Waals surface area contributed by atoms with Crippen LogP contribution in [0.2, 0.25) is 5.02 Å². The van der Waals surface area contributed by atoms with Gasteiger partial charge in [0.2, 0.25) is 0 Å². The van der Waals surface area contributed by atoms with Gasteiger partial charge in [-0.05, 0) is 66.6 Å². The summed E-state index contributed by atoms with van der Waals surface area (Å²) in [5.41, 5.74) is 3.26. The summed E-state index contributed by atoms with van der Waals surface area (Å²) in [6, 6.07) is 18.5. The Kier molecular flexibility index (Phi) is 10.1. The molecule has 0 aliphatic rings. The molecule has 0 unspecified atom stereocenters. The summed E-state index contributed by atoms with van der Waals surface area (Å²) in [6.07, 6.45) is 3.49. The molecule has 3 aromatic carbocycles. The van der Waals surface area contributed by atoms with E-state index in [2.05, 4.69) is 17.5 Å². The molecule has 1 amide bonds. The number of carbonyl (C=O) groups is 2. The predicted molar refractivity (Wildman–Crippen MR) is 137 cm³/mol. The van der Waals surface area contributed by atoms with Gasteiger partial charge in [-0.25, -0.2) is 10.2 Å². The van der Waals surface area contributed by atoms with E-state index in [0.29, 0.717) is 28.7 Å². The summed E-state index contributed by atoms with van der Waals surface area (Å²) < 4.78 is 21.8. The van der Waals surface area contributed by atoms with Crippen LogP contribution in [0.4, 0.5) is 0 Å². The number of carbonyl (C=O) groups excluding carboxylic acids is 2. The largest absolute Gasteiger partial charge is 0.494 e. The molecule has 36 heavy (non-hydrogen) atoms. The first-order valence-corrected chi connectivity index (χ1v) is 11.7. The molecule has 0 saturated heterocycles. The smallest absolute Gasteiger partial charge is 0.345 e. The third kappa shape index (κ3) is 8.02. The maximum absolute atomic E-state index is 12.4. The highest BCUT2D eigenvalue weighted by atomic mass is 35.5. The average molecular weight is 511 g/mol. The summed E-state index contributed by atoms with van der Waals surface area (Å²) in [7, 11) is 1.45. The average Bonchev–Trinajstić information content (AvgIpc) is 2.89. The molecule has 3 rings (SSSR count). The molecule has 1 N–H and O–H groups in total. The molecule has 0 bridgehead atoms. The molecule has 0 aliphatic heterocycles. The molecule has 3 aromatic rings. The molecule has 9 heteroatoms. The minimum Gasteiger partial charge on any atom is -0.494 e. The first kappa shape index (κ1) is 26.6. The van der Waals surface area contributed by atoms with Crippen LogP contribution in [-0.4, -0.2) is 38.4 Å². The van der Waals surface area contributed by atoms with Crippen molar-refractivity contribution in [1.82, 2.24) is 5.43 Å². The Hall–Kier alpha value is -4.04. The summed E-state index contributed by atoms with van der Waals surface area (Å²) >= 11 is 6.05. The summed E-state index contributed by atoms with van der Waals surface area (Å²) in [6.45, 7) is 2.57. The SMILES string of the molecule is CCCCOc1ccc(OCC(=O)N/N=C/c2ccc(OC(=O)c3ccccc3Cl)c(OC)c2)cc1. The van der Waals surface area contributed by atoms with Gasteiger partial charge in [0, 0.05) is 0 Å². The number of ether oxygens (including phenoxy) is 4. The van der Waals surface area contributed by atoms with Gasteiger partial charge in [0.05, 0.1) is 30.5 Å². The number of nitrogens with one attached hydrogen (secondary N) is 1. The van der Waals surface area contributed by atoms with Crippen LogP contribution in [0.5, 0.6) is 23.0 Å². The molecule has 0 radical (unpaired) electrons. The van der Waals surface area contributed by atoms with E-state index in [1.165, 1.54) is 13.3 Å². The Bertz CT molecular complexity index is 1200. The number of hydrogen-bond donors (Lipinski definition) is 1. The first-order chi connectivity index (χ1) is 17.5. The van der Waals surface area contributed by atoms with Crippen molar-refractivity contribution in [3.63, 3.8) is 0 Å². The van der Waals surface area contributed by atoms with Gasteiger partial charge in [0.25, 0.3) is 5.91 Å². The van der Waals surface area contributed by atoms with Crippen molar-refractivity contribution in [1.29, 1.82) is 0 Å². The zero-order valence-electron chi connectivity index (χ0n) is 20.0. The van der Waals surface area contributed by atoms with Crippen LogP contribution in [0, 0.1) is 0 Å². The van der Waals surface area contributed by atoms with Gasteiger partial charge in [-0.3, -0.25) is 4.79 Å². The molecular weight excluding hydrogens is 484 g/mol. The van der Waals surface area contributed by atoms with Gasteiger partial charge in [0.1, 0.15) is 11.5 Å². The van der Waals surface area contributed by atoms with E-state index in [-0.39, 0.29) is 17.9 Å². The number of hydrogen-bond acceptors (Lipinski definition) is 7. The number of benzene rings is 3. The van der Waals surface area contributed by atoms with Crippen LogP contribution >= 0.6 is 11.6 Å². The van der Waals surface area contributed by atoms with E-state index in [1.807, 2.05) is 0 Å². The second-order valence-corrected chi connectivity index (χ2v) is 7.94. The lowest BCUT2D eigenvalue weighted by Gasteiger charge is -2.10. The van der Waals surface area contributed by atoms with Gasteiger partial charge < -0.3 is 18.9 Å². The summed E-state index contributed by atoms with van der Waals surface area (Å²) in [5.74, 6) is 0.807. The van der Waals surface area contributed by atoms with E-state index in [0.717, 1.165) is 18.6 Å². The number of halogens is 1. The highest BCUT2D eigenvalue weighted by molar-refractivity contribution is 6.33. The molecule has 0 spiro atoms. The van der Waals surface area contributed by atoms with Gasteiger partial charge in [-0.2, -0.15) is 5.10 Å². The predicted octanol–water partition coefficient (Wildman–Crippen LogP) is 5.28. The minimum atomic E-state index is -0.605. The van der Waals surface area contributed by atoms with E-state index >= 15 is 0 Å². The third-order valence-electron chi connectivity index (χ3n) is 4.85. The number of nitrogens with zero attached hydrogens (tertiary/aromatic N) is 1. The number of esters is 1. The first-order valence-electron chi connectivity index (χ1n) is 11.3. The highest BCUT2D eigenvalue weighted by Gasteiger charge is 2.15. The lowest BCUT2D eigenvalue weighted by atomic mass is 10.2. The maximum atomic E-state index is 12.4. The Morgan fingerprint density at radius 1 is 0.972 bits per heavy atom. The van der Waals surface area contributed by atoms with Crippen LogP contribution in [-0.2, 0) is 4.79 Å². The van der Waals surface area contributed by atoms with Crippen LogP contribution < -0.4 is 24.4 Å². The van der Waals surface area contributed by atoms with E-state index < -0.39 is 11.9 Å². The molecule has 0 fully saturated rings. The second kappa shape index (κ2) is 13.7. The zero-order valence-corrected chi connectivity index (χ0v) is 20.8. The van der Waals surface area contributed by atoms with Crippen LogP contribution in [0.3, 0.4) is 0 Å². The normalized spacial score (nSPS) is 10.6. The maximum Gasteiger partial charge on any atom is 0.345 e. The van der Waals surface area contributed by atoms with Crippen molar-refractivity contribution < 1.29 is 28.5 Å². The number of amides is 1. The lowest BCUT2D eigenvalue weighted by molar-refractivity contribution is -0.123. The van der Waals surface area contributed by atoms with Crippen molar-refractivity contribution in [3.05, 3.63) is 82.9 Å². The third-order valence-corrected chi connectivity index (χ3v) is 5.18. The molecule has 0 atom stereocenters. The van der Waals surface area contributed by atoms with Gasteiger partial charge >= 0.3 is 5.97 Å². The van der Waals surface area contributed by atoms with Gasteiger partial charge in [-0.1, -0.05) is 37.1 Å². The Labute approximate surface area is 214 Å².